The van der Waals surface area contributed by atoms with Crippen LogP contribution in [0.2, 0.25) is 0 Å². The van der Waals surface area contributed by atoms with Crippen LogP contribution in [0.5, 0.6) is 0 Å². The molecule has 2 aliphatic heterocycles. The van der Waals surface area contributed by atoms with Gasteiger partial charge < -0.3 is 18.9 Å². The number of hydrogen-bond acceptors (Lipinski definition) is 9. The normalized spacial score (nSPS) is 19.9. The number of esters is 2. The number of carbonyl (C=O) groups excluding carboxylic acids is 4. The Labute approximate surface area is 249 Å². The number of thioether (sulfide) groups is 1. The SMILES string of the molecule is CCOC(=O)N1C(c2ccc(C)cc2)C=C2SC(C(=O)OC)=C(C(=O)OC)C(c3ccc(C)cc3)C2N1C(=O)OCC. The first-order valence-corrected chi connectivity index (χ1v) is 14.3. The summed E-state index contributed by atoms with van der Waals surface area (Å²) in [6.07, 6.45) is 0.216. The predicted molar refractivity (Wildman–Crippen MR) is 156 cm³/mol. The smallest absolute Gasteiger partial charge is 0.429 e. The van der Waals surface area contributed by atoms with Crippen molar-refractivity contribution >= 4 is 35.9 Å². The molecule has 2 aromatic carbocycles. The minimum absolute atomic E-state index is 0.00671. The number of ether oxygens (including phenoxy) is 4. The Balaban J connectivity index is 2.08. The monoisotopic (exact) mass is 594 g/mol. The third kappa shape index (κ3) is 5.87. The van der Waals surface area contributed by atoms with E-state index in [1.165, 1.54) is 24.2 Å². The van der Waals surface area contributed by atoms with Crippen LogP contribution in [0, 0.1) is 13.8 Å². The largest absolute Gasteiger partial charge is 0.466 e. The van der Waals surface area contributed by atoms with Gasteiger partial charge in [-0.05, 0) is 44.9 Å². The Bertz CT molecular complexity index is 1420. The lowest BCUT2D eigenvalue weighted by atomic mass is 9.81. The van der Waals surface area contributed by atoms with Crippen LogP contribution in [0.15, 0.2) is 70.0 Å². The summed E-state index contributed by atoms with van der Waals surface area (Å²) in [6.45, 7) is 7.28. The second kappa shape index (κ2) is 13.2. The van der Waals surface area contributed by atoms with Crippen LogP contribution in [-0.4, -0.2) is 67.6 Å². The summed E-state index contributed by atoms with van der Waals surface area (Å²) in [5.41, 5.74) is 3.30. The molecule has 0 N–H and O–H groups in total. The van der Waals surface area contributed by atoms with E-state index < -0.39 is 42.1 Å². The highest BCUT2D eigenvalue weighted by atomic mass is 32.2. The summed E-state index contributed by atoms with van der Waals surface area (Å²) in [6, 6.07) is 13.1. The average Bonchev–Trinajstić information content (AvgIpc) is 2.99. The molecule has 222 valence electrons. The van der Waals surface area contributed by atoms with Gasteiger partial charge in [-0.3, -0.25) is 0 Å². The van der Waals surface area contributed by atoms with E-state index in [2.05, 4.69) is 0 Å². The first-order valence-electron chi connectivity index (χ1n) is 13.5. The van der Waals surface area contributed by atoms with E-state index in [1.807, 2.05) is 68.5 Å². The molecule has 0 saturated carbocycles. The number of aryl methyl sites for hydroxylation is 2. The highest BCUT2D eigenvalue weighted by Gasteiger charge is 2.53. The second-order valence-corrected chi connectivity index (χ2v) is 10.8. The number of benzene rings is 2. The summed E-state index contributed by atoms with van der Waals surface area (Å²) in [4.78, 5) is 54.6. The highest BCUT2D eigenvalue weighted by Crippen LogP contribution is 2.53. The summed E-state index contributed by atoms with van der Waals surface area (Å²) in [5, 5.41) is 2.43. The van der Waals surface area contributed by atoms with Crippen molar-refractivity contribution in [2.45, 2.75) is 45.7 Å². The number of amides is 2. The van der Waals surface area contributed by atoms with Gasteiger partial charge in [0.1, 0.15) is 10.9 Å². The Morgan fingerprint density at radius 2 is 1.24 bits per heavy atom. The third-order valence-electron chi connectivity index (χ3n) is 7.01. The fourth-order valence-corrected chi connectivity index (χ4v) is 6.34. The molecular formula is C31H34N2O8S. The molecule has 0 saturated heterocycles. The third-order valence-corrected chi connectivity index (χ3v) is 8.21. The van der Waals surface area contributed by atoms with Crippen molar-refractivity contribution in [2.24, 2.45) is 0 Å². The van der Waals surface area contributed by atoms with Gasteiger partial charge in [-0.2, -0.15) is 0 Å². The fraction of sp³-hybridized carbons (Fsp3) is 0.355. The zero-order chi connectivity index (χ0) is 30.6. The molecule has 4 rings (SSSR count). The van der Waals surface area contributed by atoms with Crippen molar-refractivity contribution in [3.63, 3.8) is 0 Å². The first kappa shape index (κ1) is 30.7. The summed E-state index contributed by atoms with van der Waals surface area (Å²) >= 11 is 1.01. The molecule has 42 heavy (non-hydrogen) atoms. The van der Waals surface area contributed by atoms with Gasteiger partial charge >= 0.3 is 24.1 Å². The van der Waals surface area contributed by atoms with Crippen molar-refractivity contribution in [1.29, 1.82) is 0 Å². The van der Waals surface area contributed by atoms with E-state index in [-0.39, 0.29) is 23.7 Å². The standard InChI is InChI=1S/C31H34N2O8S/c1-7-40-30(36)32-22(20-13-9-18(3)10-14-20)17-23-26(33(32)31(37)41-8-2)24(21-15-11-19(4)12-16-21)25(28(34)38-5)27(42-23)29(35)39-6/h9-17,22,24,26H,7-8H2,1-6H3. The topological polar surface area (TPSA) is 112 Å². The Morgan fingerprint density at radius 1 is 0.738 bits per heavy atom. The number of hydrogen-bond donors (Lipinski definition) is 0. The molecule has 11 heteroatoms. The Morgan fingerprint density at radius 3 is 1.74 bits per heavy atom. The molecule has 2 aliphatic rings. The molecule has 10 nitrogen and oxygen atoms in total. The molecule has 3 unspecified atom stereocenters. The van der Waals surface area contributed by atoms with Crippen LogP contribution in [0.1, 0.15) is 48.1 Å². The number of carbonyl (C=O) groups is 4. The van der Waals surface area contributed by atoms with Gasteiger partial charge in [0.25, 0.3) is 0 Å². The number of nitrogens with zero attached hydrogens (tertiary/aromatic N) is 2. The van der Waals surface area contributed by atoms with Gasteiger partial charge in [0, 0.05) is 10.8 Å². The number of fused-ring (bicyclic) bond motifs is 1. The number of hydrazine groups is 1. The molecule has 0 aromatic heterocycles. The maximum Gasteiger partial charge on any atom is 0.429 e. The molecule has 0 radical (unpaired) electrons. The number of methoxy groups -OCH3 is 2. The van der Waals surface area contributed by atoms with Crippen LogP contribution in [0.4, 0.5) is 9.59 Å². The quantitative estimate of drug-likeness (QED) is 0.313. The maximum absolute atomic E-state index is 13.8. The highest BCUT2D eigenvalue weighted by molar-refractivity contribution is 8.07. The fourth-order valence-electron chi connectivity index (χ4n) is 5.07. The predicted octanol–water partition coefficient (Wildman–Crippen LogP) is 5.57. The van der Waals surface area contributed by atoms with Crippen LogP contribution in [0.3, 0.4) is 0 Å². The lowest BCUT2D eigenvalue weighted by Crippen LogP contribution is -2.61. The lowest BCUT2D eigenvalue weighted by molar-refractivity contribution is -0.139. The molecule has 3 atom stereocenters. The van der Waals surface area contributed by atoms with Gasteiger partial charge in [-0.25, -0.2) is 29.2 Å². The van der Waals surface area contributed by atoms with Crippen molar-refractivity contribution in [3.05, 3.63) is 92.2 Å². The molecule has 2 heterocycles. The van der Waals surface area contributed by atoms with E-state index >= 15 is 0 Å². The van der Waals surface area contributed by atoms with E-state index in [9.17, 15) is 19.2 Å². The first-order chi connectivity index (χ1) is 20.2. The maximum atomic E-state index is 13.8. The molecular weight excluding hydrogens is 560 g/mol. The van der Waals surface area contributed by atoms with Gasteiger partial charge in [0.2, 0.25) is 0 Å². The van der Waals surface area contributed by atoms with E-state index in [0.717, 1.165) is 22.9 Å². The van der Waals surface area contributed by atoms with Crippen LogP contribution >= 0.6 is 11.8 Å². The van der Waals surface area contributed by atoms with Crippen LogP contribution < -0.4 is 0 Å². The molecule has 2 amide bonds. The minimum atomic E-state index is -0.967. The van der Waals surface area contributed by atoms with Gasteiger partial charge in [0.15, 0.2) is 0 Å². The second-order valence-electron chi connectivity index (χ2n) is 9.67. The summed E-state index contributed by atoms with van der Waals surface area (Å²) in [7, 11) is 2.45. The molecule has 0 aliphatic carbocycles. The van der Waals surface area contributed by atoms with E-state index in [1.54, 1.807) is 13.8 Å². The van der Waals surface area contributed by atoms with E-state index in [4.69, 9.17) is 18.9 Å². The van der Waals surface area contributed by atoms with Crippen LogP contribution in [0.25, 0.3) is 0 Å². The van der Waals surface area contributed by atoms with Crippen LogP contribution in [-0.2, 0) is 28.5 Å². The number of rotatable bonds is 6. The summed E-state index contributed by atoms with van der Waals surface area (Å²) in [5.74, 6) is -2.42. The zero-order valence-electron chi connectivity index (χ0n) is 24.4. The average molecular weight is 595 g/mol. The Hall–Kier alpha value is -4.25. The van der Waals surface area contributed by atoms with Crippen molar-refractivity contribution in [2.75, 3.05) is 27.4 Å². The molecule has 0 bridgehead atoms. The van der Waals surface area contributed by atoms with Gasteiger partial charge in [-0.15, -0.1) is 0 Å². The zero-order valence-corrected chi connectivity index (χ0v) is 25.2. The van der Waals surface area contributed by atoms with E-state index in [0.29, 0.717) is 16.0 Å². The summed E-state index contributed by atoms with van der Waals surface area (Å²) < 4.78 is 21.2. The lowest BCUT2D eigenvalue weighted by Gasteiger charge is -2.50. The minimum Gasteiger partial charge on any atom is -0.466 e. The molecule has 0 fully saturated rings. The molecule has 0 spiro atoms. The van der Waals surface area contributed by atoms with Gasteiger partial charge in [-0.1, -0.05) is 71.4 Å². The van der Waals surface area contributed by atoms with Gasteiger partial charge in [0.05, 0.1) is 39.0 Å². The Kier molecular flexibility index (Phi) is 9.62. The van der Waals surface area contributed by atoms with Crippen molar-refractivity contribution < 1.29 is 38.1 Å². The van der Waals surface area contributed by atoms with Crippen molar-refractivity contribution in [1.82, 2.24) is 10.0 Å². The molecule has 2 aromatic rings. The van der Waals surface area contributed by atoms with Crippen molar-refractivity contribution in [3.8, 4) is 0 Å².